The van der Waals surface area contributed by atoms with E-state index in [1.165, 1.54) is 13.3 Å². The van der Waals surface area contributed by atoms with Gasteiger partial charge in [-0.05, 0) is 71.2 Å². The number of nitrogens with zero attached hydrogens (tertiary/aromatic N) is 2. The molecule has 1 aromatic heterocycles. The second-order valence-corrected chi connectivity index (χ2v) is 8.50. The van der Waals surface area contributed by atoms with Crippen molar-refractivity contribution in [2.75, 3.05) is 7.11 Å². The summed E-state index contributed by atoms with van der Waals surface area (Å²) in [4.78, 5) is 17.9. The highest BCUT2D eigenvalue weighted by Gasteiger charge is 2.15. The summed E-state index contributed by atoms with van der Waals surface area (Å²) in [6, 6.07) is 18.8. The Labute approximate surface area is 200 Å². The molecule has 7 heteroatoms. The molecule has 0 spiro atoms. The van der Waals surface area contributed by atoms with E-state index >= 15 is 0 Å². The molecule has 6 nitrogen and oxygen atoms in total. The Morgan fingerprint density at radius 2 is 1.91 bits per heavy atom. The predicted molar refractivity (Wildman–Crippen MR) is 134 cm³/mol. The molecule has 3 aromatic carbocycles. The molecular weight excluding hydrogens is 482 g/mol. The average molecular weight is 504 g/mol. The fraction of sp³-hybridized carbons (Fsp3) is 0.115. The maximum Gasteiger partial charge on any atom is 0.272 e. The zero-order chi connectivity index (χ0) is 23.5. The van der Waals surface area contributed by atoms with Crippen LogP contribution in [0.2, 0.25) is 0 Å². The first-order valence-corrected chi connectivity index (χ1v) is 11.0. The van der Waals surface area contributed by atoms with Crippen LogP contribution < -0.4 is 10.2 Å². The number of ether oxygens (including phenoxy) is 1. The van der Waals surface area contributed by atoms with Crippen molar-refractivity contribution in [3.63, 3.8) is 0 Å². The Hall–Kier alpha value is -3.71. The maximum absolute atomic E-state index is 13.1. The van der Waals surface area contributed by atoms with Gasteiger partial charge in [-0.3, -0.25) is 4.79 Å². The molecule has 0 saturated carbocycles. The molecule has 2 N–H and O–H groups in total. The maximum atomic E-state index is 13.1. The van der Waals surface area contributed by atoms with E-state index in [0.717, 1.165) is 33.3 Å². The normalized spacial score (nSPS) is 11.2. The number of aryl methyl sites for hydroxylation is 2. The van der Waals surface area contributed by atoms with Crippen LogP contribution in [-0.2, 0) is 0 Å². The topological polar surface area (TPSA) is 83.8 Å². The zero-order valence-corrected chi connectivity index (χ0v) is 20.0. The van der Waals surface area contributed by atoms with Crippen molar-refractivity contribution in [3.8, 4) is 22.8 Å². The van der Waals surface area contributed by atoms with Crippen LogP contribution in [0, 0.1) is 13.8 Å². The second-order valence-electron chi connectivity index (χ2n) is 7.64. The van der Waals surface area contributed by atoms with Crippen LogP contribution in [0.15, 0.2) is 70.2 Å². The average Bonchev–Trinajstić information content (AvgIpc) is 2.81. The first-order valence-electron chi connectivity index (χ1n) is 10.2. The lowest BCUT2D eigenvalue weighted by Gasteiger charge is -2.11. The lowest BCUT2D eigenvalue weighted by molar-refractivity contribution is 0.0956. The van der Waals surface area contributed by atoms with Crippen LogP contribution >= 0.6 is 15.9 Å². The number of carbonyl (C=O) groups excluding carboxylic acids is 1. The molecule has 33 heavy (non-hydrogen) atoms. The minimum Gasteiger partial charge on any atom is -0.503 e. The number of hydrazone groups is 1. The Morgan fingerprint density at radius 3 is 2.70 bits per heavy atom. The van der Waals surface area contributed by atoms with Gasteiger partial charge >= 0.3 is 0 Å². The lowest BCUT2D eigenvalue weighted by Crippen LogP contribution is -2.18. The van der Waals surface area contributed by atoms with Crippen molar-refractivity contribution in [1.82, 2.24) is 10.4 Å². The number of para-hydroxylation sites is 1. The van der Waals surface area contributed by atoms with Crippen LogP contribution in [-0.4, -0.2) is 29.3 Å². The van der Waals surface area contributed by atoms with E-state index in [2.05, 4.69) is 44.7 Å². The van der Waals surface area contributed by atoms with Gasteiger partial charge in [0.15, 0.2) is 11.5 Å². The van der Waals surface area contributed by atoms with Crippen LogP contribution in [0.4, 0.5) is 0 Å². The number of rotatable bonds is 5. The highest BCUT2D eigenvalue weighted by Crippen LogP contribution is 2.34. The van der Waals surface area contributed by atoms with Crippen molar-refractivity contribution >= 4 is 39.0 Å². The number of methoxy groups -OCH3 is 1. The van der Waals surface area contributed by atoms with Gasteiger partial charge in [0.05, 0.1) is 34.6 Å². The van der Waals surface area contributed by atoms with Crippen LogP contribution in [0.1, 0.15) is 27.0 Å². The number of benzene rings is 3. The highest BCUT2D eigenvalue weighted by atomic mass is 79.9. The number of phenolic OH excluding ortho intramolecular Hbond substituents is 1. The first-order chi connectivity index (χ1) is 15.9. The van der Waals surface area contributed by atoms with Gasteiger partial charge < -0.3 is 9.84 Å². The minimum absolute atomic E-state index is 0.000845. The monoisotopic (exact) mass is 503 g/mol. The molecular formula is C26H22BrN3O3. The van der Waals surface area contributed by atoms with Crippen molar-refractivity contribution < 1.29 is 14.6 Å². The van der Waals surface area contributed by atoms with Gasteiger partial charge in [-0.25, -0.2) is 10.4 Å². The number of halogens is 1. The third-order valence-corrected chi connectivity index (χ3v) is 5.88. The molecule has 0 aliphatic carbocycles. The van der Waals surface area contributed by atoms with Crippen molar-refractivity contribution in [2.45, 2.75) is 13.8 Å². The summed E-state index contributed by atoms with van der Waals surface area (Å²) in [6.07, 6.45) is 1.49. The van der Waals surface area contributed by atoms with Gasteiger partial charge in [0, 0.05) is 10.9 Å². The summed E-state index contributed by atoms with van der Waals surface area (Å²) in [7, 11) is 1.46. The number of phenols is 1. The molecule has 0 saturated heterocycles. The lowest BCUT2D eigenvalue weighted by atomic mass is 9.99. The Morgan fingerprint density at radius 1 is 1.12 bits per heavy atom. The number of aromatic hydroxyl groups is 1. The molecule has 4 rings (SSSR count). The van der Waals surface area contributed by atoms with Crippen molar-refractivity contribution in [1.29, 1.82) is 0 Å². The Bertz CT molecular complexity index is 1400. The quantitative estimate of drug-likeness (QED) is 0.268. The van der Waals surface area contributed by atoms with E-state index in [1.807, 2.05) is 38.1 Å². The fourth-order valence-corrected chi connectivity index (χ4v) is 4.02. The number of pyridine rings is 1. The van der Waals surface area contributed by atoms with E-state index in [9.17, 15) is 9.90 Å². The van der Waals surface area contributed by atoms with Crippen molar-refractivity contribution in [2.24, 2.45) is 5.10 Å². The number of fused-ring (bicyclic) bond motifs is 1. The zero-order valence-electron chi connectivity index (χ0n) is 18.4. The molecule has 4 aromatic rings. The smallest absolute Gasteiger partial charge is 0.272 e. The molecule has 0 bridgehead atoms. The Kier molecular flexibility index (Phi) is 6.42. The SMILES string of the molecule is COc1cc(/C=N/NC(=O)c2cc(-c3cc(C)ccc3C)nc3ccccc23)cc(Br)c1O. The van der Waals surface area contributed by atoms with E-state index in [-0.39, 0.29) is 11.7 Å². The largest absolute Gasteiger partial charge is 0.503 e. The first kappa shape index (κ1) is 22.5. The van der Waals surface area contributed by atoms with E-state index in [4.69, 9.17) is 9.72 Å². The van der Waals surface area contributed by atoms with Crippen LogP contribution in [0.25, 0.3) is 22.2 Å². The summed E-state index contributed by atoms with van der Waals surface area (Å²) in [5, 5.41) is 14.8. The molecule has 0 unspecified atom stereocenters. The molecule has 1 amide bonds. The summed E-state index contributed by atoms with van der Waals surface area (Å²) in [5.74, 6) is -0.0439. The number of hydrogen-bond acceptors (Lipinski definition) is 5. The Balaban J connectivity index is 1.69. The van der Waals surface area contributed by atoms with E-state index in [0.29, 0.717) is 21.3 Å². The summed E-state index contributed by atoms with van der Waals surface area (Å²) < 4.78 is 5.61. The van der Waals surface area contributed by atoms with Gasteiger partial charge in [-0.15, -0.1) is 0 Å². The third-order valence-electron chi connectivity index (χ3n) is 5.28. The van der Waals surface area contributed by atoms with Gasteiger partial charge in [-0.1, -0.05) is 35.9 Å². The van der Waals surface area contributed by atoms with Crippen LogP contribution in [0.5, 0.6) is 11.5 Å². The molecule has 166 valence electrons. The van der Waals surface area contributed by atoms with Crippen molar-refractivity contribution in [3.05, 3.63) is 87.4 Å². The van der Waals surface area contributed by atoms with Gasteiger partial charge in [0.1, 0.15) is 0 Å². The number of carbonyl (C=O) groups is 1. The molecule has 0 radical (unpaired) electrons. The van der Waals surface area contributed by atoms with E-state index < -0.39 is 0 Å². The number of hydrogen-bond donors (Lipinski definition) is 2. The number of amides is 1. The van der Waals surface area contributed by atoms with Gasteiger partial charge in [0.25, 0.3) is 5.91 Å². The van der Waals surface area contributed by atoms with Gasteiger partial charge in [0.2, 0.25) is 0 Å². The predicted octanol–water partition coefficient (Wildman–Crippen LogP) is 5.76. The summed E-state index contributed by atoms with van der Waals surface area (Å²) in [6.45, 7) is 4.06. The van der Waals surface area contributed by atoms with Crippen LogP contribution in [0.3, 0.4) is 0 Å². The van der Waals surface area contributed by atoms with E-state index in [1.54, 1.807) is 18.2 Å². The third kappa shape index (κ3) is 4.73. The number of aromatic nitrogens is 1. The molecule has 1 heterocycles. The highest BCUT2D eigenvalue weighted by molar-refractivity contribution is 9.10. The van der Waals surface area contributed by atoms with Gasteiger partial charge in [-0.2, -0.15) is 5.10 Å². The fourth-order valence-electron chi connectivity index (χ4n) is 3.56. The molecule has 0 atom stereocenters. The standard InChI is InChI=1S/C26H22BrN3O3/c1-15-8-9-16(2)19(10-15)23-13-20(18-6-4-5-7-22(18)29-23)26(32)30-28-14-17-11-21(27)25(31)24(12-17)33-3/h4-14,31H,1-3H3,(H,30,32)/b28-14+. The molecule has 0 fully saturated rings. The molecule has 0 aliphatic rings. The number of nitrogens with one attached hydrogen (secondary N) is 1. The second kappa shape index (κ2) is 9.42. The summed E-state index contributed by atoms with van der Waals surface area (Å²) in [5.41, 5.74) is 8.39. The summed E-state index contributed by atoms with van der Waals surface area (Å²) >= 11 is 3.28. The minimum atomic E-state index is -0.346. The molecule has 0 aliphatic heterocycles.